The zero-order chi connectivity index (χ0) is 28.8. The Kier molecular flexibility index (Phi) is 32.8. The van der Waals surface area contributed by atoms with E-state index in [4.69, 9.17) is 0 Å². The molecular formula is C38H77BrN2. The monoisotopic (exact) mass is 641 g/mol. The van der Waals surface area contributed by atoms with Crippen LogP contribution < -0.4 is 17.0 Å². The normalized spacial score (nSPS) is 13.3. The average Bonchev–Trinajstić information content (AvgIpc) is 3.45. The van der Waals surface area contributed by atoms with E-state index in [1.54, 1.807) is 0 Å². The smallest absolute Gasteiger partial charge is 0.234 e. The van der Waals surface area contributed by atoms with Gasteiger partial charge in [-0.1, -0.05) is 181 Å². The fourth-order valence-electron chi connectivity index (χ4n) is 6.71. The Morgan fingerprint density at radius 3 is 1.02 bits per heavy atom. The SMILES string of the molecule is CCCCCCCCCCCCCCCCC(CCCCCCCCCCCCCCCC)N1C=[N+](CC)CC1.[Br-]. The lowest BCUT2D eigenvalue weighted by Gasteiger charge is -2.21. The maximum absolute atomic E-state index is 2.72. The number of nitrogens with zero attached hydrogens (tertiary/aromatic N) is 2. The maximum atomic E-state index is 2.72. The minimum Gasteiger partial charge on any atom is -1.00 e. The molecule has 0 spiro atoms. The minimum absolute atomic E-state index is 0. The zero-order valence-electron chi connectivity index (χ0n) is 28.8. The van der Waals surface area contributed by atoms with Crippen molar-refractivity contribution < 1.29 is 21.6 Å². The summed E-state index contributed by atoms with van der Waals surface area (Å²) in [4.78, 5) is 2.72. The minimum atomic E-state index is 0. The zero-order valence-corrected chi connectivity index (χ0v) is 30.3. The van der Waals surface area contributed by atoms with Gasteiger partial charge in [-0.3, -0.25) is 9.48 Å². The van der Waals surface area contributed by atoms with Crippen LogP contribution in [0.25, 0.3) is 0 Å². The molecule has 3 heteroatoms. The number of unbranched alkanes of at least 4 members (excludes halogenated alkanes) is 26. The largest absolute Gasteiger partial charge is 1.00 e. The topological polar surface area (TPSA) is 6.25 Å². The lowest BCUT2D eigenvalue weighted by Crippen LogP contribution is -3.00. The van der Waals surface area contributed by atoms with Gasteiger partial charge < -0.3 is 17.0 Å². The lowest BCUT2D eigenvalue weighted by molar-refractivity contribution is -0.510. The van der Waals surface area contributed by atoms with Crippen molar-refractivity contribution >= 4 is 6.34 Å². The fraction of sp³-hybridized carbons (Fsp3) is 0.974. The Morgan fingerprint density at radius 2 is 0.756 bits per heavy atom. The van der Waals surface area contributed by atoms with Crippen molar-refractivity contribution in [2.75, 3.05) is 19.6 Å². The highest BCUT2D eigenvalue weighted by Crippen LogP contribution is 2.20. The van der Waals surface area contributed by atoms with E-state index >= 15 is 0 Å². The van der Waals surface area contributed by atoms with Gasteiger partial charge in [-0.25, -0.2) is 0 Å². The van der Waals surface area contributed by atoms with Crippen molar-refractivity contribution in [1.29, 1.82) is 0 Å². The van der Waals surface area contributed by atoms with Crippen molar-refractivity contribution in [3.63, 3.8) is 0 Å². The maximum Gasteiger partial charge on any atom is 0.234 e. The summed E-state index contributed by atoms with van der Waals surface area (Å²) in [6, 6.07) is 0.797. The molecule has 0 unspecified atom stereocenters. The summed E-state index contributed by atoms with van der Waals surface area (Å²) >= 11 is 0. The number of halogens is 1. The Morgan fingerprint density at radius 1 is 0.463 bits per heavy atom. The number of hydrogen-bond donors (Lipinski definition) is 0. The van der Waals surface area contributed by atoms with Crippen LogP contribution in [0, 0.1) is 0 Å². The van der Waals surface area contributed by atoms with Crippen LogP contribution in [0.15, 0.2) is 0 Å². The molecule has 0 saturated heterocycles. The van der Waals surface area contributed by atoms with Gasteiger partial charge in [0.1, 0.15) is 13.1 Å². The van der Waals surface area contributed by atoms with E-state index in [2.05, 4.69) is 36.6 Å². The molecule has 0 aromatic heterocycles. The molecule has 0 bridgehead atoms. The first-order valence-corrected chi connectivity index (χ1v) is 19.2. The van der Waals surface area contributed by atoms with Crippen LogP contribution in [-0.2, 0) is 0 Å². The third-order valence-corrected chi connectivity index (χ3v) is 9.61. The Bertz CT molecular complexity index is 502. The molecular weight excluding hydrogens is 564 g/mol. The summed E-state index contributed by atoms with van der Waals surface area (Å²) < 4.78 is 2.52. The molecule has 0 aromatic carbocycles. The molecule has 0 amide bonds. The predicted octanol–water partition coefficient (Wildman–Crippen LogP) is 9.48. The van der Waals surface area contributed by atoms with Crippen LogP contribution >= 0.6 is 0 Å². The van der Waals surface area contributed by atoms with E-state index in [1.807, 2.05) is 0 Å². The van der Waals surface area contributed by atoms with Gasteiger partial charge >= 0.3 is 0 Å². The summed E-state index contributed by atoms with van der Waals surface area (Å²) in [5.41, 5.74) is 0. The summed E-state index contributed by atoms with van der Waals surface area (Å²) in [5, 5.41) is 0. The van der Waals surface area contributed by atoms with Crippen molar-refractivity contribution in [2.24, 2.45) is 0 Å². The second-order valence-electron chi connectivity index (χ2n) is 13.4. The molecule has 0 saturated carbocycles. The molecule has 0 radical (unpaired) electrons. The molecule has 41 heavy (non-hydrogen) atoms. The van der Waals surface area contributed by atoms with Crippen LogP contribution in [0.2, 0.25) is 0 Å². The molecule has 0 atom stereocenters. The van der Waals surface area contributed by atoms with Crippen LogP contribution in [0.4, 0.5) is 0 Å². The summed E-state index contributed by atoms with van der Waals surface area (Å²) in [6.45, 7) is 10.6. The van der Waals surface area contributed by atoms with Crippen molar-refractivity contribution in [3.8, 4) is 0 Å². The standard InChI is InChI=1S/C38H77N2.BrH/c1-4-7-9-11-13-15-17-19-21-23-25-27-29-31-33-38(40-36-35-39(6-3)37-40)34-32-30-28-26-24-22-20-18-16-14-12-10-8-5-2;/h37-38H,4-36H2,1-3H3;1H/q+1;/p-1. The van der Waals surface area contributed by atoms with Gasteiger partial charge in [0.25, 0.3) is 0 Å². The van der Waals surface area contributed by atoms with Gasteiger partial charge in [0, 0.05) is 0 Å². The molecule has 1 heterocycles. The highest BCUT2D eigenvalue weighted by atomic mass is 79.9. The Hall–Kier alpha value is -0.0500. The molecule has 2 nitrogen and oxygen atoms in total. The third-order valence-electron chi connectivity index (χ3n) is 9.61. The second-order valence-corrected chi connectivity index (χ2v) is 13.4. The van der Waals surface area contributed by atoms with E-state index < -0.39 is 0 Å². The molecule has 1 aliphatic heterocycles. The van der Waals surface area contributed by atoms with Crippen molar-refractivity contribution in [2.45, 2.75) is 219 Å². The summed E-state index contributed by atoms with van der Waals surface area (Å²) in [6.07, 6.45) is 46.2. The highest BCUT2D eigenvalue weighted by Gasteiger charge is 2.26. The first-order valence-electron chi connectivity index (χ1n) is 19.2. The number of rotatable bonds is 32. The van der Waals surface area contributed by atoms with Gasteiger partial charge in [0.2, 0.25) is 6.34 Å². The lowest BCUT2D eigenvalue weighted by atomic mass is 9.98. The van der Waals surface area contributed by atoms with E-state index in [0.29, 0.717) is 0 Å². The Labute approximate surface area is 271 Å². The van der Waals surface area contributed by atoms with Crippen LogP contribution in [0.3, 0.4) is 0 Å². The Balaban J connectivity index is 0.0000160. The predicted molar refractivity (Wildman–Crippen MR) is 182 cm³/mol. The van der Waals surface area contributed by atoms with E-state index in [0.717, 1.165) is 6.04 Å². The summed E-state index contributed by atoms with van der Waals surface area (Å²) in [7, 11) is 0. The molecule has 0 fully saturated rings. The quantitative estimate of drug-likeness (QED) is 0.0524. The van der Waals surface area contributed by atoms with Crippen LogP contribution in [0.5, 0.6) is 0 Å². The van der Waals surface area contributed by atoms with Crippen molar-refractivity contribution in [1.82, 2.24) is 4.90 Å². The molecule has 246 valence electrons. The fourth-order valence-corrected chi connectivity index (χ4v) is 6.71. The van der Waals surface area contributed by atoms with Gasteiger partial charge in [-0.05, 0) is 32.6 Å². The van der Waals surface area contributed by atoms with Gasteiger partial charge in [0.15, 0.2) is 0 Å². The average molecular weight is 642 g/mol. The summed E-state index contributed by atoms with van der Waals surface area (Å²) in [5.74, 6) is 0. The van der Waals surface area contributed by atoms with E-state index in [-0.39, 0.29) is 17.0 Å². The van der Waals surface area contributed by atoms with Crippen molar-refractivity contribution in [3.05, 3.63) is 0 Å². The number of likely N-dealkylation sites (N-methyl/N-ethyl adjacent to an activating group) is 1. The van der Waals surface area contributed by atoms with Gasteiger partial charge in [-0.2, -0.15) is 0 Å². The highest BCUT2D eigenvalue weighted by molar-refractivity contribution is 5.51. The van der Waals surface area contributed by atoms with Gasteiger partial charge in [-0.15, -0.1) is 0 Å². The first-order chi connectivity index (χ1) is 19.8. The van der Waals surface area contributed by atoms with Gasteiger partial charge in [0.05, 0.1) is 12.6 Å². The molecule has 1 aliphatic rings. The second kappa shape index (κ2) is 32.9. The first kappa shape index (κ1) is 41.0. The van der Waals surface area contributed by atoms with E-state index in [1.165, 1.54) is 212 Å². The molecule has 1 rings (SSSR count). The number of hydrogen-bond acceptors (Lipinski definition) is 1. The van der Waals surface area contributed by atoms with E-state index in [9.17, 15) is 0 Å². The molecule has 0 aromatic rings. The third kappa shape index (κ3) is 26.1. The molecule has 0 aliphatic carbocycles. The van der Waals surface area contributed by atoms with Crippen LogP contribution in [-0.4, -0.2) is 41.5 Å². The molecule has 0 N–H and O–H groups in total. The van der Waals surface area contributed by atoms with Crippen LogP contribution in [0.1, 0.15) is 213 Å².